The average Bonchev–Trinajstić information content (AvgIpc) is 2.54. The van der Waals surface area contributed by atoms with Gasteiger partial charge in [-0.25, -0.2) is 4.98 Å². The third-order valence-corrected chi connectivity index (χ3v) is 3.47. The van der Waals surface area contributed by atoms with E-state index in [1.807, 2.05) is 6.07 Å². The van der Waals surface area contributed by atoms with Gasteiger partial charge in [0.2, 0.25) is 0 Å². The molecule has 2 heterocycles. The van der Waals surface area contributed by atoms with E-state index < -0.39 is 0 Å². The highest BCUT2D eigenvalue weighted by Gasteiger charge is 2.17. The fourth-order valence-corrected chi connectivity index (χ4v) is 2.41. The molecule has 1 aromatic rings. The van der Waals surface area contributed by atoms with Crippen molar-refractivity contribution < 1.29 is 4.74 Å². The quantitative estimate of drug-likeness (QED) is 0.775. The standard InChI is InChI=1S/C12H16Cl2N2O/c1-9-8-16(3-2-4-17-9)12-5-10(6-13)11(14)7-15-12/h5,7,9H,2-4,6,8H2,1H3. The lowest BCUT2D eigenvalue weighted by Gasteiger charge is -2.23. The van der Waals surface area contributed by atoms with Crippen molar-refractivity contribution in [3.05, 3.63) is 22.8 Å². The van der Waals surface area contributed by atoms with Crippen molar-refractivity contribution in [1.82, 2.24) is 4.98 Å². The monoisotopic (exact) mass is 274 g/mol. The third-order valence-electron chi connectivity index (χ3n) is 2.84. The lowest BCUT2D eigenvalue weighted by Crippen LogP contribution is -2.30. The van der Waals surface area contributed by atoms with Gasteiger partial charge in [-0.05, 0) is 25.0 Å². The van der Waals surface area contributed by atoms with Gasteiger partial charge in [-0.1, -0.05) is 11.6 Å². The minimum Gasteiger partial charge on any atom is -0.377 e. The number of alkyl halides is 1. The Balaban J connectivity index is 2.20. The van der Waals surface area contributed by atoms with Crippen LogP contribution in [0.2, 0.25) is 5.02 Å². The Labute approximate surface area is 112 Å². The molecule has 1 saturated heterocycles. The van der Waals surface area contributed by atoms with E-state index in [0.717, 1.165) is 37.5 Å². The predicted octanol–water partition coefficient (Wildman–Crippen LogP) is 3.09. The van der Waals surface area contributed by atoms with Gasteiger partial charge >= 0.3 is 0 Å². The second-order valence-corrected chi connectivity index (χ2v) is 4.92. The van der Waals surface area contributed by atoms with Gasteiger partial charge in [0.1, 0.15) is 5.82 Å². The Hall–Kier alpha value is -0.510. The van der Waals surface area contributed by atoms with Crippen molar-refractivity contribution >= 4 is 29.0 Å². The molecule has 0 radical (unpaired) electrons. The van der Waals surface area contributed by atoms with Crippen LogP contribution in [-0.2, 0) is 10.6 Å². The predicted molar refractivity (Wildman–Crippen MR) is 71.0 cm³/mol. The number of aromatic nitrogens is 1. The van der Waals surface area contributed by atoms with Crippen molar-refractivity contribution in [1.29, 1.82) is 0 Å². The van der Waals surface area contributed by atoms with E-state index in [1.165, 1.54) is 0 Å². The van der Waals surface area contributed by atoms with Crippen LogP contribution in [0.1, 0.15) is 18.9 Å². The number of hydrogen-bond donors (Lipinski definition) is 0. The molecule has 1 unspecified atom stereocenters. The molecule has 0 spiro atoms. The topological polar surface area (TPSA) is 25.4 Å². The number of nitrogens with zero attached hydrogens (tertiary/aromatic N) is 2. The summed E-state index contributed by atoms with van der Waals surface area (Å²) in [6.45, 7) is 4.71. The molecule has 17 heavy (non-hydrogen) atoms. The average molecular weight is 275 g/mol. The number of hydrogen-bond acceptors (Lipinski definition) is 3. The summed E-state index contributed by atoms with van der Waals surface area (Å²) in [4.78, 5) is 6.59. The fraction of sp³-hybridized carbons (Fsp3) is 0.583. The van der Waals surface area contributed by atoms with Gasteiger partial charge in [-0.3, -0.25) is 0 Å². The SMILES string of the molecule is CC1CN(c2cc(CCl)c(Cl)cn2)CCCO1. The van der Waals surface area contributed by atoms with E-state index >= 15 is 0 Å². The molecule has 0 aliphatic carbocycles. The Bertz CT molecular complexity index is 387. The Morgan fingerprint density at radius 3 is 3.18 bits per heavy atom. The van der Waals surface area contributed by atoms with Gasteiger partial charge < -0.3 is 9.64 Å². The third kappa shape index (κ3) is 3.24. The second kappa shape index (κ2) is 5.89. The maximum absolute atomic E-state index is 6.01. The lowest BCUT2D eigenvalue weighted by atomic mass is 10.2. The molecule has 0 saturated carbocycles. The van der Waals surface area contributed by atoms with Crippen molar-refractivity contribution in [3.63, 3.8) is 0 Å². The summed E-state index contributed by atoms with van der Waals surface area (Å²) < 4.78 is 5.61. The van der Waals surface area contributed by atoms with E-state index in [-0.39, 0.29) is 6.10 Å². The summed E-state index contributed by atoms with van der Waals surface area (Å²) in [7, 11) is 0. The molecule has 0 amide bonds. The number of rotatable bonds is 2. The van der Waals surface area contributed by atoms with E-state index in [0.29, 0.717) is 10.9 Å². The van der Waals surface area contributed by atoms with Gasteiger partial charge in [0.05, 0.1) is 11.1 Å². The molecule has 0 N–H and O–H groups in total. The Morgan fingerprint density at radius 2 is 2.41 bits per heavy atom. The van der Waals surface area contributed by atoms with Gasteiger partial charge in [0.25, 0.3) is 0 Å². The summed E-state index contributed by atoms with van der Waals surface area (Å²) >= 11 is 11.9. The molecule has 0 aromatic carbocycles. The van der Waals surface area contributed by atoms with Crippen molar-refractivity contribution in [2.24, 2.45) is 0 Å². The molecule has 1 aromatic heterocycles. The van der Waals surface area contributed by atoms with Crippen molar-refractivity contribution in [2.45, 2.75) is 25.3 Å². The molecule has 1 aliphatic rings. The van der Waals surface area contributed by atoms with Crippen LogP contribution in [0.5, 0.6) is 0 Å². The van der Waals surface area contributed by atoms with Crippen molar-refractivity contribution in [2.75, 3.05) is 24.6 Å². The highest BCUT2D eigenvalue weighted by Crippen LogP contribution is 2.23. The summed E-state index contributed by atoms with van der Waals surface area (Å²) in [6, 6.07) is 1.97. The maximum Gasteiger partial charge on any atom is 0.128 e. The molecule has 0 bridgehead atoms. The maximum atomic E-state index is 6.01. The zero-order chi connectivity index (χ0) is 12.3. The van der Waals surface area contributed by atoms with Crippen LogP contribution in [0, 0.1) is 0 Å². The van der Waals surface area contributed by atoms with Gasteiger partial charge in [0.15, 0.2) is 0 Å². The molecule has 3 nitrogen and oxygen atoms in total. The van der Waals surface area contributed by atoms with Gasteiger partial charge in [-0.2, -0.15) is 0 Å². The largest absolute Gasteiger partial charge is 0.377 e. The van der Waals surface area contributed by atoms with Gasteiger partial charge in [0, 0.05) is 31.8 Å². The highest BCUT2D eigenvalue weighted by atomic mass is 35.5. The summed E-state index contributed by atoms with van der Waals surface area (Å²) in [6.07, 6.45) is 2.92. The minimum absolute atomic E-state index is 0.231. The first-order valence-corrected chi connectivity index (χ1v) is 6.69. The molecule has 94 valence electrons. The number of halogens is 2. The molecular formula is C12H16Cl2N2O. The second-order valence-electron chi connectivity index (χ2n) is 4.25. The minimum atomic E-state index is 0.231. The first kappa shape index (κ1) is 12.9. The first-order valence-electron chi connectivity index (χ1n) is 5.77. The van der Waals surface area contributed by atoms with E-state index in [2.05, 4.69) is 16.8 Å². The summed E-state index contributed by atoms with van der Waals surface area (Å²) in [5, 5.41) is 0.628. The summed E-state index contributed by atoms with van der Waals surface area (Å²) in [5.41, 5.74) is 0.927. The van der Waals surface area contributed by atoms with Crippen molar-refractivity contribution in [3.8, 4) is 0 Å². The van der Waals surface area contributed by atoms with Crippen LogP contribution in [0.25, 0.3) is 0 Å². The van der Waals surface area contributed by atoms with Crippen LogP contribution in [0.3, 0.4) is 0 Å². The van der Waals surface area contributed by atoms with E-state index in [4.69, 9.17) is 27.9 Å². The zero-order valence-electron chi connectivity index (χ0n) is 9.83. The van der Waals surface area contributed by atoms with E-state index in [1.54, 1.807) is 6.20 Å². The van der Waals surface area contributed by atoms with Crippen LogP contribution < -0.4 is 4.90 Å². The fourth-order valence-electron chi connectivity index (χ4n) is 1.95. The van der Waals surface area contributed by atoms with Crippen LogP contribution in [0.4, 0.5) is 5.82 Å². The molecular weight excluding hydrogens is 259 g/mol. The molecule has 2 rings (SSSR count). The van der Waals surface area contributed by atoms with Crippen LogP contribution in [0.15, 0.2) is 12.3 Å². The number of anilines is 1. The van der Waals surface area contributed by atoms with Crippen LogP contribution in [-0.4, -0.2) is 30.8 Å². The highest BCUT2D eigenvalue weighted by molar-refractivity contribution is 6.32. The molecule has 1 atom stereocenters. The number of ether oxygens (including phenoxy) is 1. The normalized spacial score (nSPS) is 21.4. The Morgan fingerprint density at radius 1 is 1.59 bits per heavy atom. The lowest BCUT2D eigenvalue weighted by molar-refractivity contribution is 0.0820. The van der Waals surface area contributed by atoms with E-state index in [9.17, 15) is 0 Å². The summed E-state index contributed by atoms with van der Waals surface area (Å²) in [5.74, 6) is 1.34. The molecule has 1 fully saturated rings. The first-order chi connectivity index (χ1) is 8.20. The molecule has 1 aliphatic heterocycles. The smallest absolute Gasteiger partial charge is 0.128 e. The zero-order valence-corrected chi connectivity index (χ0v) is 11.3. The Kier molecular flexibility index (Phi) is 4.48. The van der Waals surface area contributed by atoms with Gasteiger partial charge in [-0.15, -0.1) is 11.6 Å². The number of pyridine rings is 1. The molecule has 5 heteroatoms. The van der Waals surface area contributed by atoms with Crippen LogP contribution >= 0.6 is 23.2 Å².